The average molecular weight is 832 g/mol. The standard InChI is InChI=1S/C61H37NOS/c1-2-16-38(17-3-1)62(40-31-34-56-50(37-40)44-21-7-5-19-42(44)46-23-10-14-28-55(46)63-56)39-30-32-53-49(36-39)43-20-6-4-18-41(43)45-22-8-12-26-51(45)61(53)52-27-13-9-24-47(52)59-54(61)33-35-58-60(59)48-25-11-15-29-57(48)64-58/h1-37H. The highest BCUT2D eigenvalue weighted by molar-refractivity contribution is 7.26. The summed E-state index contributed by atoms with van der Waals surface area (Å²) in [7, 11) is 0. The largest absolute Gasteiger partial charge is 0.456 e. The van der Waals surface area contributed by atoms with Crippen LogP contribution in [0.3, 0.4) is 0 Å². The minimum Gasteiger partial charge on any atom is -0.456 e. The van der Waals surface area contributed by atoms with E-state index in [2.05, 4.69) is 223 Å². The highest BCUT2D eigenvalue weighted by atomic mass is 32.1. The normalized spacial score (nSPS) is 14.8. The molecule has 0 saturated carbocycles. The van der Waals surface area contributed by atoms with E-state index in [1.165, 1.54) is 75.8 Å². The van der Waals surface area contributed by atoms with E-state index in [0.29, 0.717) is 0 Å². The lowest BCUT2D eigenvalue weighted by Gasteiger charge is -2.36. The van der Waals surface area contributed by atoms with E-state index < -0.39 is 5.41 Å². The Kier molecular flexibility index (Phi) is 7.51. The molecule has 298 valence electrons. The molecule has 64 heavy (non-hydrogen) atoms. The van der Waals surface area contributed by atoms with Gasteiger partial charge in [-0.05, 0) is 127 Å². The molecule has 3 aliphatic rings. The zero-order chi connectivity index (χ0) is 41.9. The summed E-state index contributed by atoms with van der Waals surface area (Å²) in [5.41, 5.74) is 20.0. The van der Waals surface area contributed by atoms with Gasteiger partial charge >= 0.3 is 0 Å². The van der Waals surface area contributed by atoms with Crippen molar-refractivity contribution in [1.29, 1.82) is 0 Å². The number of benzene rings is 10. The lowest BCUT2D eigenvalue weighted by molar-refractivity contribution is 0.488. The minimum atomic E-state index is -0.593. The third-order valence-corrected chi connectivity index (χ3v) is 15.0. The molecule has 11 aromatic rings. The fraction of sp³-hybridized carbons (Fsp3) is 0.0164. The lowest BCUT2D eigenvalue weighted by atomic mass is 9.66. The van der Waals surface area contributed by atoms with Crippen LogP contribution in [0, 0.1) is 0 Å². The number of nitrogens with zero attached hydrogens (tertiary/aromatic N) is 1. The van der Waals surface area contributed by atoms with Crippen LogP contribution in [0.2, 0.25) is 0 Å². The highest BCUT2D eigenvalue weighted by Crippen LogP contribution is 2.64. The van der Waals surface area contributed by atoms with Gasteiger partial charge in [0, 0.05) is 48.4 Å². The molecule has 0 radical (unpaired) electrons. The first kappa shape index (κ1) is 35.6. The van der Waals surface area contributed by atoms with E-state index in [1.807, 2.05) is 17.4 Å². The molecule has 0 fully saturated rings. The van der Waals surface area contributed by atoms with Crippen molar-refractivity contribution in [3.05, 3.63) is 247 Å². The number of ether oxygens (including phenoxy) is 1. The summed E-state index contributed by atoms with van der Waals surface area (Å²) in [4.78, 5) is 2.41. The number of anilines is 3. The molecule has 0 N–H and O–H groups in total. The summed E-state index contributed by atoms with van der Waals surface area (Å²) in [6.45, 7) is 0. The van der Waals surface area contributed by atoms with Crippen LogP contribution in [0.4, 0.5) is 17.1 Å². The van der Waals surface area contributed by atoms with Crippen LogP contribution in [0.25, 0.3) is 75.8 Å². The van der Waals surface area contributed by atoms with Gasteiger partial charge in [0.2, 0.25) is 0 Å². The van der Waals surface area contributed by atoms with Gasteiger partial charge in [0.1, 0.15) is 11.5 Å². The summed E-state index contributed by atoms with van der Waals surface area (Å²) in [6.07, 6.45) is 0. The molecule has 1 unspecified atom stereocenters. The van der Waals surface area contributed by atoms with Crippen molar-refractivity contribution in [3.8, 4) is 67.1 Å². The van der Waals surface area contributed by atoms with Crippen molar-refractivity contribution >= 4 is 48.6 Å². The van der Waals surface area contributed by atoms with Crippen LogP contribution < -0.4 is 9.64 Å². The number of para-hydroxylation sites is 2. The predicted molar refractivity (Wildman–Crippen MR) is 267 cm³/mol. The molecular weight excluding hydrogens is 795 g/mol. The molecule has 1 aliphatic heterocycles. The number of hydrogen-bond acceptors (Lipinski definition) is 3. The van der Waals surface area contributed by atoms with Gasteiger partial charge in [-0.1, -0.05) is 164 Å². The van der Waals surface area contributed by atoms with Crippen LogP contribution in [-0.4, -0.2) is 0 Å². The Labute approximate surface area is 375 Å². The zero-order valence-corrected chi connectivity index (χ0v) is 35.4. The Bertz CT molecular complexity index is 3730. The lowest BCUT2D eigenvalue weighted by Crippen LogP contribution is -2.29. The Hall–Kier alpha value is -7.98. The quantitative estimate of drug-likeness (QED) is 0.176. The maximum absolute atomic E-state index is 6.73. The van der Waals surface area contributed by atoms with E-state index in [9.17, 15) is 0 Å². The van der Waals surface area contributed by atoms with E-state index >= 15 is 0 Å². The molecule has 2 nitrogen and oxygen atoms in total. The second kappa shape index (κ2) is 13.5. The topological polar surface area (TPSA) is 12.5 Å². The molecule has 0 saturated heterocycles. The van der Waals surface area contributed by atoms with E-state index in [0.717, 1.165) is 50.8 Å². The Morgan fingerprint density at radius 3 is 1.62 bits per heavy atom. The third-order valence-electron chi connectivity index (χ3n) is 13.9. The van der Waals surface area contributed by atoms with E-state index in [4.69, 9.17) is 4.74 Å². The molecule has 0 amide bonds. The fourth-order valence-corrected chi connectivity index (χ4v) is 12.5. The van der Waals surface area contributed by atoms with Crippen LogP contribution in [0.5, 0.6) is 11.5 Å². The predicted octanol–water partition coefficient (Wildman–Crippen LogP) is 17.0. The summed E-state index contributed by atoms with van der Waals surface area (Å²) in [5, 5.41) is 2.68. The smallest absolute Gasteiger partial charge is 0.135 e. The molecule has 14 rings (SSSR count). The maximum Gasteiger partial charge on any atom is 0.135 e. The monoisotopic (exact) mass is 831 g/mol. The number of hydrogen-bond donors (Lipinski definition) is 0. The van der Waals surface area contributed by atoms with Gasteiger partial charge in [0.25, 0.3) is 0 Å². The van der Waals surface area contributed by atoms with Crippen molar-refractivity contribution in [3.63, 3.8) is 0 Å². The van der Waals surface area contributed by atoms with Gasteiger partial charge in [0.15, 0.2) is 0 Å². The Balaban J connectivity index is 1.06. The van der Waals surface area contributed by atoms with Crippen molar-refractivity contribution < 1.29 is 4.74 Å². The van der Waals surface area contributed by atoms with Gasteiger partial charge in [-0.25, -0.2) is 0 Å². The number of rotatable bonds is 3. The first-order chi connectivity index (χ1) is 31.8. The highest BCUT2D eigenvalue weighted by Gasteiger charge is 2.50. The molecule has 10 aromatic carbocycles. The third kappa shape index (κ3) is 4.85. The summed E-state index contributed by atoms with van der Waals surface area (Å²) in [6, 6.07) is 82.9. The molecule has 0 bridgehead atoms. The first-order valence-electron chi connectivity index (χ1n) is 22.0. The van der Waals surface area contributed by atoms with Gasteiger partial charge in [0.05, 0.1) is 5.41 Å². The number of fused-ring (bicyclic) bond motifs is 21. The molecular formula is C61H37NOS. The maximum atomic E-state index is 6.73. The Morgan fingerprint density at radius 2 is 0.844 bits per heavy atom. The van der Waals surface area contributed by atoms with Crippen LogP contribution in [-0.2, 0) is 5.41 Å². The van der Waals surface area contributed by atoms with Crippen LogP contribution in [0.1, 0.15) is 22.3 Å². The summed E-state index contributed by atoms with van der Waals surface area (Å²) >= 11 is 1.89. The molecule has 2 heterocycles. The molecule has 1 spiro atoms. The van der Waals surface area contributed by atoms with Crippen molar-refractivity contribution in [2.24, 2.45) is 0 Å². The minimum absolute atomic E-state index is 0.593. The van der Waals surface area contributed by atoms with E-state index in [1.54, 1.807) is 0 Å². The average Bonchev–Trinajstić information content (AvgIpc) is 3.80. The fourth-order valence-electron chi connectivity index (χ4n) is 11.4. The molecule has 1 atom stereocenters. The molecule has 2 aliphatic carbocycles. The van der Waals surface area contributed by atoms with Crippen LogP contribution in [0.15, 0.2) is 224 Å². The second-order valence-electron chi connectivity index (χ2n) is 17.1. The van der Waals surface area contributed by atoms with Crippen molar-refractivity contribution in [1.82, 2.24) is 0 Å². The van der Waals surface area contributed by atoms with Crippen molar-refractivity contribution in [2.75, 3.05) is 4.90 Å². The van der Waals surface area contributed by atoms with Gasteiger partial charge in [-0.3, -0.25) is 0 Å². The summed E-state index contributed by atoms with van der Waals surface area (Å²) in [5.74, 6) is 1.71. The van der Waals surface area contributed by atoms with Gasteiger partial charge in [-0.2, -0.15) is 0 Å². The Morgan fingerprint density at radius 1 is 0.328 bits per heavy atom. The molecule has 1 aromatic heterocycles. The van der Waals surface area contributed by atoms with Gasteiger partial charge in [-0.15, -0.1) is 11.3 Å². The van der Waals surface area contributed by atoms with Crippen molar-refractivity contribution in [2.45, 2.75) is 5.41 Å². The zero-order valence-electron chi connectivity index (χ0n) is 34.6. The SMILES string of the molecule is c1ccc(N(c2ccc3c(c2)-c2ccccc2-c2ccccc2O3)c2ccc3c(c2)-c2ccccc2-c2ccccc2C32c3ccccc3-c3c2ccc2sc4ccccc4c32)cc1. The second-order valence-corrected chi connectivity index (χ2v) is 18.2. The summed E-state index contributed by atoms with van der Waals surface area (Å²) < 4.78 is 9.37. The van der Waals surface area contributed by atoms with Crippen LogP contribution >= 0.6 is 11.3 Å². The van der Waals surface area contributed by atoms with Gasteiger partial charge < -0.3 is 9.64 Å². The van der Waals surface area contributed by atoms with E-state index in [-0.39, 0.29) is 0 Å². The first-order valence-corrected chi connectivity index (χ1v) is 22.8. The molecule has 3 heteroatoms. The number of thiophene rings is 1.